The summed E-state index contributed by atoms with van der Waals surface area (Å²) < 4.78 is 27.6. The average molecular weight is 347 g/mol. The fourth-order valence-corrected chi connectivity index (χ4v) is 3.57. The molecule has 1 aliphatic rings. The Labute approximate surface area is 121 Å². The Kier molecular flexibility index (Phi) is 3.72. The molecule has 1 saturated carbocycles. The summed E-state index contributed by atoms with van der Waals surface area (Å²) in [5.74, 6) is -0.332. The van der Waals surface area contributed by atoms with Gasteiger partial charge >= 0.3 is 0 Å². The van der Waals surface area contributed by atoms with E-state index in [1.165, 1.54) is 19.2 Å². The van der Waals surface area contributed by atoms with Gasteiger partial charge in [0.2, 0.25) is 10.0 Å². The first kappa shape index (κ1) is 14.5. The smallest absolute Gasteiger partial charge is 0.252 e. The minimum atomic E-state index is -3.59. The topological polar surface area (TPSA) is 75.3 Å². The van der Waals surface area contributed by atoms with Gasteiger partial charge in [-0.1, -0.05) is 0 Å². The lowest BCUT2D eigenvalue weighted by molar-refractivity contribution is 0.0962. The number of benzene rings is 1. The second-order valence-corrected chi connectivity index (χ2v) is 7.42. The van der Waals surface area contributed by atoms with Crippen molar-refractivity contribution < 1.29 is 13.2 Å². The third-order valence-electron chi connectivity index (χ3n) is 3.10. The molecule has 0 aromatic heterocycles. The zero-order chi connectivity index (χ0) is 14.3. The van der Waals surface area contributed by atoms with Crippen molar-refractivity contribution in [1.82, 2.24) is 10.0 Å². The van der Waals surface area contributed by atoms with Gasteiger partial charge in [-0.3, -0.25) is 4.79 Å². The van der Waals surface area contributed by atoms with Gasteiger partial charge in [-0.15, -0.1) is 0 Å². The number of nitrogens with one attached hydrogen (secondary N) is 2. The van der Waals surface area contributed by atoms with Gasteiger partial charge in [-0.25, -0.2) is 13.1 Å². The zero-order valence-corrected chi connectivity index (χ0v) is 13.1. The van der Waals surface area contributed by atoms with Crippen molar-refractivity contribution in [3.05, 3.63) is 28.2 Å². The average Bonchev–Trinajstić information content (AvgIpc) is 3.05. The molecule has 7 heteroatoms. The number of carbonyl (C=O) groups excluding carboxylic acids is 1. The molecule has 5 nitrogen and oxygen atoms in total. The molecule has 0 saturated heterocycles. The second-order valence-electron chi connectivity index (χ2n) is 4.89. The molecule has 0 atom stereocenters. The van der Waals surface area contributed by atoms with Crippen molar-refractivity contribution in [1.29, 1.82) is 0 Å². The summed E-state index contributed by atoms with van der Waals surface area (Å²) in [5, 5.41) is 2.48. The van der Waals surface area contributed by atoms with Gasteiger partial charge in [0.05, 0.1) is 10.5 Å². The number of carbonyl (C=O) groups is 1. The lowest BCUT2D eigenvalue weighted by atomic mass is 10.2. The molecule has 1 amide bonds. The number of sulfonamides is 1. The third-order valence-corrected chi connectivity index (χ3v) is 5.43. The largest absolute Gasteiger partial charge is 0.355 e. The maximum Gasteiger partial charge on any atom is 0.252 e. The molecule has 2 N–H and O–H groups in total. The minimum absolute atomic E-state index is 0.0995. The van der Waals surface area contributed by atoms with Crippen molar-refractivity contribution in [2.24, 2.45) is 0 Å². The molecule has 0 bridgehead atoms. The monoisotopic (exact) mass is 346 g/mol. The number of halogens is 1. The SMILES string of the molecule is CNC(=O)c1cc(S(=O)(=O)NC2(C)CC2)ccc1Br. The van der Waals surface area contributed by atoms with Crippen LogP contribution in [0.4, 0.5) is 0 Å². The van der Waals surface area contributed by atoms with Crippen LogP contribution >= 0.6 is 15.9 Å². The van der Waals surface area contributed by atoms with Crippen LogP contribution in [-0.2, 0) is 10.0 Å². The molecule has 1 aliphatic carbocycles. The zero-order valence-electron chi connectivity index (χ0n) is 10.7. The van der Waals surface area contributed by atoms with Crippen LogP contribution in [0.3, 0.4) is 0 Å². The standard InChI is InChI=1S/C12H15BrN2O3S/c1-12(5-6-12)15-19(17,18)8-3-4-10(13)9(7-8)11(16)14-2/h3-4,7,15H,5-6H2,1-2H3,(H,14,16). The van der Waals surface area contributed by atoms with Crippen molar-refractivity contribution in [2.45, 2.75) is 30.2 Å². The molecule has 1 aromatic rings. The molecule has 0 unspecified atom stereocenters. The van der Waals surface area contributed by atoms with Gasteiger partial charge in [0, 0.05) is 17.1 Å². The Morgan fingerprint density at radius 1 is 1.37 bits per heavy atom. The first-order valence-corrected chi connectivity index (χ1v) is 8.11. The predicted molar refractivity (Wildman–Crippen MR) is 75.5 cm³/mol. The van der Waals surface area contributed by atoms with Crippen LogP contribution in [0.2, 0.25) is 0 Å². The maximum absolute atomic E-state index is 12.2. The predicted octanol–water partition coefficient (Wildman–Crippen LogP) is 1.64. The molecule has 104 valence electrons. The number of hydrogen-bond donors (Lipinski definition) is 2. The van der Waals surface area contributed by atoms with Gasteiger partial charge in [-0.2, -0.15) is 0 Å². The molecule has 0 spiro atoms. The molecule has 0 aliphatic heterocycles. The van der Waals surface area contributed by atoms with Crippen LogP contribution < -0.4 is 10.0 Å². The van der Waals surface area contributed by atoms with Crippen molar-refractivity contribution in [2.75, 3.05) is 7.05 Å². The Balaban J connectivity index is 2.37. The molecule has 1 fully saturated rings. The quantitative estimate of drug-likeness (QED) is 0.870. The summed E-state index contributed by atoms with van der Waals surface area (Å²) >= 11 is 3.24. The Hall–Kier alpha value is -0.920. The highest BCUT2D eigenvalue weighted by Gasteiger charge is 2.41. The summed E-state index contributed by atoms with van der Waals surface area (Å²) in [6.07, 6.45) is 1.68. The lowest BCUT2D eigenvalue weighted by Gasteiger charge is -2.13. The van der Waals surface area contributed by atoms with E-state index in [0.717, 1.165) is 12.8 Å². The van der Waals surface area contributed by atoms with Crippen molar-refractivity contribution in [3.8, 4) is 0 Å². The van der Waals surface area contributed by atoms with Gasteiger partial charge in [0.15, 0.2) is 0 Å². The molecule has 0 heterocycles. The highest BCUT2D eigenvalue weighted by Crippen LogP contribution is 2.36. The summed E-state index contributed by atoms with van der Waals surface area (Å²) in [6, 6.07) is 4.41. The van der Waals surface area contributed by atoms with Crippen LogP contribution in [0.25, 0.3) is 0 Å². The fraction of sp³-hybridized carbons (Fsp3) is 0.417. The highest BCUT2D eigenvalue weighted by molar-refractivity contribution is 9.10. The van der Waals surface area contributed by atoms with Gasteiger partial charge in [-0.05, 0) is 53.9 Å². The highest BCUT2D eigenvalue weighted by atomic mass is 79.9. The summed E-state index contributed by atoms with van der Waals surface area (Å²) in [4.78, 5) is 11.8. The Morgan fingerprint density at radius 2 is 2.00 bits per heavy atom. The third kappa shape index (κ3) is 3.16. The first-order valence-electron chi connectivity index (χ1n) is 5.83. The molecule has 0 radical (unpaired) electrons. The van der Waals surface area contributed by atoms with E-state index >= 15 is 0 Å². The Bertz CT molecular complexity index is 624. The van der Waals surface area contributed by atoms with Crippen LogP contribution in [0.15, 0.2) is 27.6 Å². The van der Waals surface area contributed by atoms with Gasteiger partial charge in [0.1, 0.15) is 0 Å². The lowest BCUT2D eigenvalue weighted by Crippen LogP contribution is -2.34. The number of rotatable bonds is 4. The van der Waals surface area contributed by atoms with Gasteiger partial charge in [0.25, 0.3) is 5.91 Å². The van der Waals surface area contributed by atoms with Gasteiger partial charge < -0.3 is 5.32 Å². The molecule has 1 aromatic carbocycles. The van der Waals surface area contributed by atoms with Crippen LogP contribution in [0.5, 0.6) is 0 Å². The summed E-state index contributed by atoms with van der Waals surface area (Å²) in [6.45, 7) is 1.86. The normalized spacial score (nSPS) is 17.0. The van der Waals surface area contributed by atoms with E-state index in [0.29, 0.717) is 10.0 Å². The van der Waals surface area contributed by atoms with E-state index in [4.69, 9.17) is 0 Å². The van der Waals surface area contributed by atoms with E-state index in [1.807, 2.05) is 6.92 Å². The summed E-state index contributed by atoms with van der Waals surface area (Å²) in [7, 11) is -2.09. The molecule has 19 heavy (non-hydrogen) atoms. The van der Waals surface area contributed by atoms with E-state index in [1.54, 1.807) is 6.07 Å². The maximum atomic E-state index is 12.2. The van der Waals surface area contributed by atoms with Crippen LogP contribution in [0, 0.1) is 0 Å². The van der Waals surface area contributed by atoms with Crippen LogP contribution in [-0.4, -0.2) is 26.9 Å². The van der Waals surface area contributed by atoms with E-state index < -0.39 is 10.0 Å². The van der Waals surface area contributed by atoms with Crippen molar-refractivity contribution in [3.63, 3.8) is 0 Å². The number of amides is 1. The van der Waals surface area contributed by atoms with Crippen LogP contribution in [0.1, 0.15) is 30.1 Å². The van der Waals surface area contributed by atoms with E-state index in [-0.39, 0.29) is 16.3 Å². The minimum Gasteiger partial charge on any atom is -0.355 e. The first-order chi connectivity index (χ1) is 8.77. The van der Waals surface area contributed by atoms with E-state index in [9.17, 15) is 13.2 Å². The number of hydrogen-bond acceptors (Lipinski definition) is 3. The van der Waals surface area contributed by atoms with E-state index in [2.05, 4.69) is 26.0 Å². The Morgan fingerprint density at radius 3 is 2.53 bits per heavy atom. The molecule has 2 rings (SSSR count). The fourth-order valence-electron chi connectivity index (χ4n) is 1.65. The molecular weight excluding hydrogens is 332 g/mol. The second kappa shape index (κ2) is 4.88. The van der Waals surface area contributed by atoms with Crippen molar-refractivity contribution >= 4 is 31.9 Å². The summed E-state index contributed by atoms with van der Waals surface area (Å²) in [5.41, 5.74) is -0.0367. The molecular formula is C12H15BrN2O3S.